The van der Waals surface area contributed by atoms with Crippen LogP contribution < -0.4 is 0 Å². The molecule has 3 heterocycles. The van der Waals surface area contributed by atoms with E-state index in [0.29, 0.717) is 37.7 Å². The highest BCUT2D eigenvalue weighted by atomic mass is 35.5. The molecule has 1 fully saturated rings. The number of hydrogen-bond donors (Lipinski definition) is 0. The van der Waals surface area contributed by atoms with E-state index in [-0.39, 0.29) is 12.0 Å². The zero-order valence-corrected chi connectivity index (χ0v) is 15.9. The number of aryl methyl sites for hydroxylation is 1. The molecule has 1 unspecified atom stereocenters. The van der Waals surface area contributed by atoms with Gasteiger partial charge in [0.25, 0.3) is 0 Å². The van der Waals surface area contributed by atoms with Gasteiger partial charge in [-0.15, -0.1) is 5.10 Å². The van der Waals surface area contributed by atoms with Crippen LogP contribution in [0, 0.1) is 0 Å². The lowest BCUT2D eigenvalue weighted by molar-refractivity contribution is -0.139. The third kappa shape index (κ3) is 4.35. The van der Waals surface area contributed by atoms with Crippen LogP contribution in [0.25, 0.3) is 11.1 Å². The van der Waals surface area contributed by atoms with E-state index in [1.807, 2.05) is 47.5 Å². The minimum Gasteiger partial charge on any atom is -0.368 e. The highest BCUT2D eigenvalue weighted by Crippen LogP contribution is 2.25. The Bertz CT molecular complexity index is 932. The van der Waals surface area contributed by atoms with Crippen molar-refractivity contribution < 1.29 is 9.53 Å². The summed E-state index contributed by atoms with van der Waals surface area (Å²) in [6.45, 7) is 2.00. The molecule has 1 aliphatic heterocycles. The van der Waals surface area contributed by atoms with Gasteiger partial charge in [0, 0.05) is 29.7 Å². The maximum absolute atomic E-state index is 12.5. The highest BCUT2D eigenvalue weighted by molar-refractivity contribution is 6.30. The lowest BCUT2D eigenvalue weighted by Gasteiger charge is -2.32. The van der Waals surface area contributed by atoms with Gasteiger partial charge >= 0.3 is 0 Å². The molecule has 1 aliphatic rings. The molecule has 144 valence electrons. The lowest BCUT2D eigenvalue weighted by Crippen LogP contribution is -2.42. The summed E-state index contributed by atoms with van der Waals surface area (Å²) < 4.78 is 7.39. The molecule has 1 atom stereocenters. The lowest BCUT2D eigenvalue weighted by atomic mass is 10.1. The number of rotatable bonds is 5. The molecule has 0 spiro atoms. The minimum atomic E-state index is -0.237. The highest BCUT2D eigenvalue weighted by Gasteiger charge is 2.26. The first-order valence-corrected chi connectivity index (χ1v) is 9.39. The summed E-state index contributed by atoms with van der Waals surface area (Å²) in [5, 5.41) is 11.6. The second-order valence-electron chi connectivity index (χ2n) is 6.50. The van der Waals surface area contributed by atoms with E-state index in [9.17, 15) is 4.79 Å². The van der Waals surface area contributed by atoms with Gasteiger partial charge in [0.2, 0.25) is 5.91 Å². The van der Waals surface area contributed by atoms with Crippen LogP contribution in [0.4, 0.5) is 0 Å². The summed E-state index contributed by atoms with van der Waals surface area (Å²) in [5.74, 6) is 0.0550. The van der Waals surface area contributed by atoms with Crippen molar-refractivity contribution in [3.8, 4) is 11.1 Å². The topological polar surface area (TPSA) is 86.0 Å². The zero-order chi connectivity index (χ0) is 19.3. The van der Waals surface area contributed by atoms with Gasteiger partial charge in [0.15, 0.2) is 0 Å². The molecule has 4 rings (SSSR count). The zero-order valence-electron chi connectivity index (χ0n) is 15.1. The van der Waals surface area contributed by atoms with Crippen molar-refractivity contribution in [2.75, 3.05) is 19.7 Å². The molecule has 0 radical (unpaired) electrons. The number of benzene rings is 1. The van der Waals surface area contributed by atoms with Crippen molar-refractivity contribution in [1.82, 2.24) is 30.1 Å². The van der Waals surface area contributed by atoms with Gasteiger partial charge in [0.05, 0.1) is 25.4 Å². The predicted molar refractivity (Wildman–Crippen MR) is 102 cm³/mol. The van der Waals surface area contributed by atoms with Gasteiger partial charge < -0.3 is 9.64 Å². The summed E-state index contributed by atoms with van der Waals surface area (Å²) in [7, 11) is 0. The van der Waals surface area contributed by atoms with Crippen LogP contribution in [-0.4, -0.2) is 55.7 Å². The number of aromatic nitrogens is 5. The average Bonchev–Trinajstić information content (AvgIpc) is 3.26. The van der Waals surface area contributed by atoms with Crippen molar-refractivity contribution in [1.29, 1.82) is 0 Å². The smallest absolute Gasteiger partial charge is 0.224 e. The summed E-state index contributed by atoms with van der Waals surface area (Å²) >= 11 is 6.06. The fourth-order valence-corrected chi connectivity index (χ4v) is 3.33. The Morgan fingerprint density at radius 1 is 1.25 bits per heavy atom. The SMILES string of the molecule is O=C(CCn1cnnn1)N1CCOC(c2ccc(-c3cccc(Cl)c3)cn2)C1. The van der Waals surface area contributed by atoms with Crippen molar-refractivity contribution in [3.63, 3.8) is 0 Å². The quantitative estimate of drug-likeness (QED) is 0.655. The van der Waals surface area contributed by atoms with Gasteiger partial charge in [-0.1, -0.05) is 29.8 Å². The van der Waals surface area contributed by atoms with E-state index in [0.717, 1.165) is 16.8 Å². The summed E-state index contributed by atoms with van der Waals surface area (Å²) in [4.78, 5) is 18.9. The second kappa shape index (κ2) is 8.45. The maximum atomic E-state index is 12.5. The molecule has 0 saturated carbocycles. The number of nitrogens with zero attached hydrogens (tertiary/aromatic N) is 6. The maximum Gasteiger partial charge on any atom is 0.224 e. The molecule has 3 aromatic rings. The van der Waals surface area contributed by atoms with E-state index >= 15 is 0 Å². The normalized spacial score (nSPS) is 16.9. The van der Waals surface area contributed by atoms with Gasteiger partial charge in [-0.3, -0.25) is 9.78 Å². The Morgan fingerprint density at radius 2 is 2.18 bits per heavy atom. The van der Waals surface area contributed by atoms with Crippen LogP contribution in [0.5, 0.6) is 0 Å². The molecule has 0 aliphatic carbocycles. The Kier molecular flexibility index (Phi) is 5.59. The molecule has 0 N–H and O–H groups in total. The van der Waals surface area contributed by atoms with Gasteiger partial charge in [-0.25, -0.2) is 4.68 Å². The third-order valence-corrected chi connectivity index (χ3v) is 4.87. The van der Waals surface area contributed by atoms with Crippen molar-refractivity contribution in [2.45, 2.75) is 19.1 Å². The monoisotopic (exact) mass is 398 g/mol. The third-order valence-electron chi connectivity index (χ3n) is 4.64. The molecular formula is C19H19ClN6O2. The van der Waals surface area contributed by atoms with Gasteiger partial charge in [-0.05, 0) is 34.2 Å². The molecular weight excluding hydrogens is 380 g/mol. The van der Waals surface area contributed by atoms with Crippen LogP contribution >= 0.6 is 11.6 Å². The predicted octanol–water partition coefficient (Wildman–Crippen LogP) is 2.38. The molecule has 1 saturated heterocycles. The molecule has 0 bridgehead atoms. The van der Waals surface area contributed by atoms with Gasteiger partial charge in [0.1, 0.15) is 12.4 Å². The van der Waals surface area contributed by atoms with Crippen LogP contribution in [-0.2, 0) is 16.1 Å². The van der Waals surface area contributed by atoms with E-state index in [4.69, 9.17) is 16.3 Å². The van der Waals surface area contributed by atoms with Crippen LogP contribution in [0.15, 0.2) is 48.9 Å². The fourth-order valence-electron chi connectivity index (χ4n) is 3.14. The molecule has 1 amide bonds. The van der Waals surface area contributed by atoms with E-state index in [1.165, 1.54) is 6.33 Å². The Balaban J connectivity index is 1.39. The van der Waals surface area contributed by atoms with Crippen LogP contribution in [0.3, 0.4) is 0 Å². The number of amides is 1. The molecule has 9 heteroatoms. The van der Waals surface area contributed by atoms with E-state index in [1.54, 1.807) is 4.68 Å². The number of morpholine rings is 1. The molecule has 8 nitrogen and oxygen atoms in total. The van der Waals surface area contributed by atoms with E-state index < -0.39 is 0 Å². The Hall–Kier alpha value is -2.84. The largest absolute Gasteiger partial charge is 0.368 e. The molecule has 28 heavy (non-hydrogen) atoms. The van der Waals surface area contributed by atoms with Crippen molar-refractivity contribution in [2.24, 2.45) is 0 Å². The Labute approximate surface area is 167 Å². The number of carbonyl (C=O) groups is 1. The number of tetrazole rings is 1. The molecule has 2 aromatic heterocycles. The fraction of sp³-hybridized carbons (Fsp3) is 0.316. The number of hydrogen-bond acceptors (Lipinski definition) is 6. The molecule has 1 aromatic carbocycles. The second-order valence-corrected chi connectivity index (χ2v) is 6.94. The van der Waals surface area contributed by atoms with Crippen molar-refractivity contribution >= 4 is 17.5 Å². The van der Waals surface area contributed by atoms with Crippen molar-refractivity contribution in [3.05, 3.63) is 59.6 Å². The summed E-state index contributed by atoms with van der Waals surface area (Å²) in [5.41, 5.74) is 2.80. The standard InChI is InChI=1S/C19H19ClN6O2/c20-16-3-1-2-14(10-16)15-4-5-17(21-11-15)18-12-25(8-9-28-18)19(27)6-7-26-13-22-23-24-26/h1-5,10-11,13,18H,6-9,12H2. The van der Waals surface area contributed by atoms with Crippen LogP contribution in [0.2, 0.25) is 5.02 Å². The number of halogens is 1. The van der Waals surface area contributed by atoms with E-state index in [2.05, 4.69) is 20.5 Å². The summed E-state index contributed by atoms with van der Waals surface area (Å²) in [6, 6.07) is 11.6. The van der Waals surface area contributed by atoms with Crippen LogP contribution in [0.1, 0.15) is 18.2 Å². The first kappa shape index (κ1) is 18.5. The average molecular weight is 399 g/mol. The summed E-state index contributed by atoms with van der Waals surface area (Å²) in [6.07, 6.45) is 3.42. The number of pyridine rings is 1. The minimum absolute atomic E-state index is 0.0550. The first-order chi connectivity index (χ1) is 13.7. The number of ether oxygens (including phenoxy) is 1. The number of carbonyl (C=O) groups excluding carboxylic acids is 1. The first-order valence-electron chi connectivity index (χ1n) is 9.01. The Morgan fingerprint density at radius 3 is 2.93 bits per heavy atom. The van der Waals surface area contributed by atoms with Gasteiger partial charge in [-0.2, -0.15) is 0 Å².